The summed E-state index contributed by atoms with van der Waals surface area (Å²) in [7, 11) is 3.42. The van der Waals surface area contributed by atoms with E-state index in [0.29, 0.717) is 0 Å². The molecule has 55 valence electrons. The summed E-state index contributed by atoms with van der Waals surface area (Å²) in [5.41, 5.74) is 2.45. The van der Waals surface area contributed by atoms with E-state index in [1.807, 2.05) is 18.2 Å². The Hall–Kier alpha value is -1.08. The van der Waals surface area contributed by atoms with Crippen LogP contribution in [0.15, 0.2) is 30.3 Å². The predicted molar refractivity (Wildman–Crippen MR) is 44.7 cm³/mol. The molecule has 1 aliphatic rings. The highest BCUT2D eigenvalue weighted by Crippen LogP contribution is 2.29. The molecule has 0 saturated carbocycles. The molecular formula is C10H9O. The number of ether oxygens (including phenoxy) is 1. The molecule has 11 heavy (non-hydrogen) atoms. The topological polar surface area (TPSA) is 9.23 Å². The first-order chi connectivity index (χ1) is 5.42. The van der Waals surface area contributed by atoms with E-state index in [1.165, 1.54) is 11.1 Å². The molecule has 0 heterocycles. The normalized spacial score (nSPS) is 20.3. The molecule has 0 saturated heterocycles. The van der Waals surface area contributed by atoms with Crippen molar-refractivity contribution in [2.24, 2.45) is 0 Å². The Morgan fingerprint density at radius 2 is 2.09 bits per heavy atom. The van der Waals surface area contributed by atoms with Crippen molar-refractivity contribution in [1.82, 2.24) is 0 Å². The molecule has 0 N–H and O–H groups in total. The Labute approximate surface area is 66.3 Å². The van der Waals surface area contributed by atoms with Crippen molar-refractivity contribution in [3.8, 4) is 0 Å². The van der Waals surface area contributed by atoms with Gasteiger partial charge in [0.2, 0.25) is 0 Å². The third kappa shape index (κ3) is 0.976. The zero-order valence-electron chi connectivity index (χ0n) is 6.16. The summed E-state index contributed by atoms with van der Waals surface area (Å²) in [5.74, 6) is 0. The molecular weight excluding hydrogens is 136 g/mol. The van der Waals surface area contributed by atoms with Gasteiger partial charge in [-0.1, -0.05) is 36.4 Å². The number of rotatable bonds is 1. The third-order valence-electron chi connectivity index (χ3n) is 1.93. The standard InChI is InChI=1S/C10H9O/c1-11-10-7-6-8-4-2-3-5-9(8)10/h2-7,10H,1H2. The summed E-state index contributed by atoms with van der Waals surface area (Å²) in [5, 5.41) is 0. The lowest BCUT2D eigenvalue weighted by molar-refractivity contribution is 0.186. The van der Waals surface area contributed by atoms with Crippen molar-refractivity contribution < 1.29 is 4.74 Å². The maximum Gasteiger partial charge on any atom is 0.102 e. The molecule has 1 aliphatic carbocycles. The Bertz CT molecular complexity index is 289. The molecule has 0 aliphatic heterocycles. The second kappa shape index (κ2) is 2.51. The van der Waals surface area contributed by atoms with Gasteiger partial charge in [-0.3, -0.25) is 0 Å². The van der Waals surface area contributed by atoms with Gasteiger partial charge in [-0.2, -0.15) is 0 Å². The summed E-state index contributed by atoms with van der Waals surface area (Å²) in [6, 6.07) is 8.17. The van der Waals surface area contributed by atoms with Crippen molar-refractivity contribution in [2.45, 2.75) is 6.10 Å². The van der Waals surface area contributed by atoms with Crippen LogP contribution in [0, 0.1) is 7.11 Å². The van der Waals surface area contributed by atoms with Gasteiger partial charge in [-0.15, -0.1) is 0 Å². The maximum absolute atomic E-state index is 5.00. The fourth-order valence-electron chi connectivity index (χ4n) is 1.36. The van der Waals surface area contributed by atoms with Gasteiger partial charge in [0.05, 0.1) is 7.11 Å². The zero-order chi connectivity index (χ0) is 7.68. The van der Waals surface area contributed by atoms with E-state index in [2.05, 4.69) is 25.3 Å². The van der Waals surface area contributed by atoms with E-state index in [9.17, 15) is 0 Å². The first-order valence-electron chi connectivity index (χ1n) is 3.60. The van der Waals surface area contributed by atoms with Crippen molar-refractivity contribution >= 4 is 6.08 Å². The van der Waals surface area contributed by atoms with Gasteiger partial charge in [0, 0.05) is 0 Å². The molecule has 1 unspecified atom stereocenters. The van der Waals surface area contributed by atoms with Gasteiger partial charge in [-0.25, -0.2) is 0 Å². The molecule has 0 spiro atoms. The average molecular weight is 145 g/mol. The van der Waals surface area contributed by atoms with Crippen LogP contribution in [0.2, 0.25) is 0 Å². The van der Waals surface area contributed by atoms with E-state index in [0.717, 1.165) is 0 Å². The van der Waals surface area contributed by atoms with Crippen LogP contribution >= 0.6 is 0 Å². The fourth-order valence-corrected chi connectivity index (χ4v) is 1.36. The highest BCUT2D eigenvalue weighted by Gasteiger charge is 2.14. The van der Waals surface area contributed by atoms with Crippen LogP contribution in [0.3, 0.4) is 0 Å². The smallest absolute Gasteiger partial charge is 0.102 e. The molecule has 1 radical (unpaired) electrons. The van der Waals surface area contributed by atoms with Gasteiger partial charge in [0.1, 0.15) is 6.10 Å². The fraction of sp³-hybridized carbons (Fsp3) is 0.100. The molecule has 1 heteroatoms. The van der Waals surface area contributed by atoms with Crippen LogP contribution in [0.4, 0.5) is 0 Å². The molecule has 1 atom stereocenters. The molecule has 1 aromatic carbocycles. The summed E-state index contributed by atoms with van der Waals surface area (Å²) < 4.78 is 5.00. The van der Waals surface area contributed by atoms with Crippen LogP contribution in [-0.4, -0.2) is 0 Å². The highest BCUT2D eigenvalue weighted by molar-refractivity contribution is 5.61. The summed E-state index contributed by atoms with van der Waals surface area (Å²) in [4.78, 5) is 0. The summed E-state index contributed by atoms with van der Waals surface area (Å²) in [6.45, 7) is 0. The van der Waals surface area contributed by atoms with Gasteiger partial charge < -0.3 is 4.74 Å². The lowest BCUT2D eigenvalue weighted by Gasteiger charge is -2.06. The van der Waals surface area contributed by atoms with E-state index >= 15 is 0 Å². The van der Waals surface area contributed by atoms with Gasteiger partial charge in [0.15, 0.2) is 0 Å². The number of benzene rings is 1. The molecule has 0 fully saturated rings. The van der Waals surface area contributed by atoms with E-state index < -0.39 is 0 Å². The minimum atomic E-state index is 0.0613. The Balaban J connectivity index is 2.46. The van der Waals surface area contributed by atoms with Crippen molar-refractivity contribution in [1.29, 1.82) is 0 Å². The Kier molecular flexibility index (Phi) is 1.51. The first-order valence-corrected chi connectivity index (χ1v) is 3.60. The van der Waals surface area contributed by atoms with E-state index in [-0.39, 0.29) is 6.10 Å². The molecule has 0 bridgehead atoms. The lowest BCUT2D eigenvalue weighted by atomic mass is 10.1. The first kappa shape index (κ1) is 6.62. The second-order valence-electron chi connectivity index (χ2n) is 2.58. The van der Waals surface area contributed by atoms with Crippen molar-refractivity contribution in [3.63, 3.8) is 0 Å². The largest absolute Gasteiger partial charge is 0.367 e. The van der Waals surface area contributed by atoms with Gasteiger partial charge in [-0.05, 0) is 11.1 Å². The third-order valence-corrected chi connectivity index (χ3v) is 1.93. The number of hydrogen-bond donors (Lipinski definition) is 0. The van der Waals surface area contributed by atoms with Crippen LogP contribution in [0.1, 0.15) is 17.2 Å². The maximum atomic E-state index is 5.00. The van der Waals surface area contributed by atoms with Crippen molar-refractivity contribution in [3.05, 3.63) is 48.6 Å². The van der Waals surface area contributed by atoms with Crippen LogP contribution < -0.4 is 0 Å². The van der Waals surface area contributed by atoms with Gasteiger partial charge in [0.25, 0.3) is 0 Å². The van der Waals surface area contributed by atoms with E-state index in [4.69, 9.17) is 4.74 Å². The lowest BCUT2D eigenvalue weighted by Crippen LogP contribution is -1.92. The van der Waals surface area contributed by atoms with Gasteiger partial charge >= 0.3 is 0 Å². The van der Waals surface area contributed by atoms with Crippen molar-refractivity contribution in [2.75, 3.05) is 0 Å². The monoisotopic (exact) mass is 145 g/mol. The second-order valence-corrected chi connectivity index (χ2v) is 2.58. The summed E-state index contributed by atoms with van der Waals surface area (Å²) >= 11 is 0. The van der Waals surface area contributed by atoms with E-state index in [1.54, 1.807) is 0 Å². The zero-order valence-corrected chi connectivity index (χ0v) is 6.16. The van der Waals surface area contributed by atoms with Crippen LogP contribution in [-0.2, 0) is 4.74 Å². The highest BCUT2D eigenvalue weighted by atomic mass is 16.5. The minimum absolute atomic E-state index is 0.0613. The number of hydrogen-bond acceptors (Lipinski definition) is 1. The molecule has 1 aromatic rings. The molecule has 0 amide bonds. The average Bonchev–Trinajstić information content (AvgIpc) is 2.47. The molecule has 2 rings (SSSR count). The Morgan fingerprint density at radius 3 is 2.91 bits per heavy atom. The number of fused-ring (bicyclic) bond motifs is 1. The van der Waals surface area contributed by atoms with Crippen LogP contribution in [0.25, 0.3) is 6.08 Å². The van der Waals surface area contributed by atoms with Crippen LogP contribution in [0.5, 0.6) is 0 Å². The molecule has 0 aromatic heterocycles. The quantitative estimate of drug-likeness (QED) is 0.590. The summed E-state index contributed by atoms with van der Waals surface area (Å²) in [6.07, 6.45) is 4.13. The minimum Gasteiger partial charge on any atom is -0.367 e. The molecule has 1 nitrogen and oxygen atoms in total. The predicted octanol–water partition coefficient (Wildman–Crippen LogP) is 2.56. The Morgan fingerprint density at radius 1 is 1.27 bits per heavy atom. The SMILES string of the molecule is [CH2]OC1C=Cc2ccccc21.